The van der Waals surface area contributed by atoms with Crippen molar-refractivity contribution in [2.24, 2.45) is 0 Å². The third-order valence-corrected chi connectivity index (χ3v) is 4.50. The summed E-state index contributed by atoms with van der Waals surface area (Å²) in [5.74, 6) is -0.00370. The van der Waals surface area contributed by atoms with Crippen molar-refractivity contribution in [2.45, 2.75) is 13.1 Å². The van der Waals surface area contributed by atoms with E-state index in [1.165, 1.54) is 12.1 Å². The topological polar surface area (TPSA) is 55.1 Å². The molecule has 146 valence electrons. The van der Waals surface area contributed by atoms with Gasteiger partial charge in [-0.25, -0.2) is 0 Å². The van der Waals surface area contributed by atoms with Gasteiger partial charge in [0.1, 0.15) is 5.52 Å². The third-order valence-electron chi connectivity index (χ3n) is 4.50. The van der Waals surface area contributed by atoms with Crippen LogP contribution >= 0.6 is 0 Å². The highest BCUT2D eigenvalue weighted by Crippen LogP contribution is 2.32. The first-order valence-electron chi connectivity index (χ1n) is 8.76. The predicted molar refractivity (Wildman–Crippen MR) is 104 cm³/mol. The lowest BCUT2D eigenvalue weighted by Crippen LogP contribution is -2.13. The first-order valence-corrected chi connectivity index (χ1v) is 8.76. The van der Waals surface area contributed by atoms with Gasteiger partial charge in [-0.3, -0.25) is 4.79 Å². The lowest BCUT2D eigenvalue weighted by Gasteiger charge is -2.10. The Bertz CT molecular complexity index is 1190. The number of nitrogens with one attached hydrogen (secondary N) is 1. The number of anilines is 1. The molecule has 3 aromatic carbocycles. The van der Waals surface area contributed by atoms with Crippen LogP contribution in [-0.2, 0) is 6.18 Å². The molecule has 0 spiro atoms. The predicted octanol–water partition coefficient (Wildman–Crippen LogP) is 6.07. The fraction of sp³-hybridized carbons (Fsp3) is 0.0909. The Morgan fingerprint density at radius 2 is 1.76 bits per heavy atom. The minimum Gasteiger partial charge on any atom is -0.355 e. The number of hydrogen-bond donors (Lipinski definition) is 1. The Morgan fingerprint density at radius 1 is 1.00 bits per heavy atom. The molecule has 0 aliphatic carbocycles. The van der Waals surface area contributed by atoms with Crippen LogP contribution < -0.4 is 5.32 Å². The summed E-state index contributed by atoms with van der Waals surface area (Å²) in [6.07, 6.45) is -4.48. The maximum absolute atomic E-state index is 12.9. The van der Waals surface area contributed by atoms with E-state index in [1.54, 1.807) is 18.2 Å². The molecule has 4 aromatic rings. The number of alkyl halides is 3. The number of hydrogen-bond acceptors (Lipinski definition) is 3. The molecule has 0 unspecified atom stereocenters. The Balaban J connectivity index is 1.65. The summed E-state index contributed by atoms with van der Waals surface area (Å²) in [5, 5.41) is 7.16. The van der Waals surface area contributed by atoms with E-state index in [0.717, 1.165) is 23.3 Å². The molecule has 0 saturated carbocycles. The van der Waals surface area contributed by atoms with E-state index in [0.29, 0.717) is 16.7 Å². The number of fused-ring (bicyclic) bond motifs is 1. The molecular weight excluding hydrogens is 381 g/mol. The average molecular weight is 396 g/mol. The molecule has 0 aliphatic heterocycles. The first kappa shape index (κ1) is 18.7. The fourth-order valence-corrected chi connectivity index (χ4v) is 2.97. The van der Waals surface area contributed by atoms with E-state index in [1.807, 2.05) is 31.2 Å². The summed E-state index contributed by atoms with van der Waals surface area (Å²) in [6.45, 7) is 1.97. The van der Waals surface area contributed by atoms with Crippen LogP contribution in [0.4, 0.5) is 18.9 Å². The summed E-state index contributed by atoms with van der Waals surface area (Å²) >= 11 is 0. The van der Waals surface area contributed by atoms with Gasteiger partial charge in [-0.05, 0) is 43.3 Å². The van der Waals surface area contributed by atoms with E-state index < -0.39 is 17.6 Å². The molecule has 0 aliphatic rings. The first-order chi connectivity index (χ1) is 13.8. The summed E-state index contributed by atoms with van der Waals surface area (Å²) in [6, 6.07) is 17.0. The van der Waals surface area contributed by atoms with Gasteiger partial charge >= 0.3 is 6.18 Å². The Morgan fingerprint density at radius 3 is 2.48 bits per heavy atom. The molecule has 1 amide bonds. The molecule has 0 bridgehead atoms. The Labute approximate surface area is 163 Å². The number of carbonyl (C=O) groups is 1. The number of amides is 1. The summed E-state index contributed by atoms with van der Waals surface area (Å²) in [4.78, 5) is 12.6. The fourth-order valence-electron chi connectivity index (χ4n) is 2.97. The van der Waals surface area contributed by atoms with Gasteiger partial charge in [-0.2, -0.15) is 13.2 Å². The standard InChI is InChI=1S/C22H15F3N2O2/c1-13-5-7-14(8-6-13)20-18-11-15(9-10-19(18)27-29-20)21(28)26-17-4-2-3-16(12-17)22(23,24)25/h2-12H,1H3,(H,26,28). The van der Waals surface area contributed by atoms with Crippen LogP contribution in [0.25, 0.3) is 22.2 Å². The molecule has 4 rings (SSSR count). The van der Waals surface area contributed by atoms with Crippen molar-refractivity contribution in [1.82, 2.24) is 5.16 Å². The molecule has 1 N–H and O–H groups in total. The maximum atomic E-state index is 12.9. The van der Waals surface area contributed by atoms with Gasteiger partial charge < -0.3 is 9.84 Å². The minimum absolute atomic E-state index is 0.0639. The quantitative estimate of drug-likeness (QED) is 0.457. The van der Waals surface area contributed by atoms with Crippen LogP contribution in [-0.4, -0.2) is 11.1 Å². The van der Waals surface area contributed by atoms with Gasteiger partial charge in [-0.15, -0.1) is 0 Å². The highest BCUT2D eigenvalue weighted by atomic mass is 19.4. The smallest absolute Gasteiger partial charge is 0.355 e. The number of halogens is 3. The number of nitrogens with zero attached hydrogens (tertiary/aromatic N) is 1. The van der Waals surface area contributed by atoms with Crippen LogP contribution in [0, 0.1) is 6.92 Å². The molecule has 4 nitrogen and oxygen atoms in total. The van der Waals surface area contributed by atoms with E-state index >= 15 is 0 Å². The van der Waals surface area contributed by atoms with E-state index in [-0.39, 0.29) is 11.3 Å². The molecule has 29 heavy (non-hydrogen) atoms. The molecule has 0 saturated heterocycles. The zero-order chi connectivity index (χ0) is 20.6. The molecule has 0 fully saturated rings. The SMILES string of the molecule is Cc1ccc(-c2onc3ccc(C(=O)Nc4cccc(C(F)(F)F)c4)cc23)cc1. The second-order valence-electron chi connectivity index (χ2n) is 6.64. The number of aromatic nitrogens is 1. The molecule has 1 heterocycles. The van der Waals surface area contributed by atoms with Gasteiger partial charge in [-0.1, -0.05) is 41.1 Å². The van der Waals surface area contributed by atoms with Crippen molar-refractivity contribution in [1.29, 1.82) is 0 Å². The summed E-state index contributed by atoms with van der Waals surface area (Å²) in [5.41, 5.74) is 2.01. The second kappa shape index (κ2) is 7.09. The largest absolute Gasteiger partial charge is 0.416 e. The van der Waals surface area contributed by atoms with Crippen molar-refractivity contribution in [3.8, 4) is 11.3 Å². The van der Waals surface area contributed by atoms with Gasteiger partial charge in [0.2, 0.25) is 0 Å². The molecule has 7 heteroatoms. The maximum Gasteiger partial charge on any atom is 0.416 e. The van der Waals surface area contributed by atoms with E-state index in [2.05, 4.69) is 10.5 Å². The van der Waals surface area contributed by atoms with Gasteiger partial charge in [0.25, 0.3) is 5.91 Å². The van der Waals surface area contributed by atoms with Crippen molar-refractivity contribution in [3.05, 3.63) is 83.4 Å². The van der Waals surface area contributed by atoms with Crippen LogP contribution in [0.5, 0.6) is 0 Å². The number of aryl methyl sites for hydroxylation is 1. The highest BCUT2D eigenvalue weighted by molar-refractivity contribution is 6.07. The average Bonchev–Trinajstić information content (AvgIpc) is 3.11. The van der Waals surface area contributed by atoms with Crippen LogP contribution in [0.2, 0.25) is 0 Å². The monoisotopic (exact) mass is 396 g/mol. The minimum atomic E-state index is -4.48. The van der Waals surface area contributed by atoms with Crippen LogP contribution in [0.3, 0.4) is 0 Å². The summed E-state index contributed by atoms with van der Waals surface area (Å²) < 4.78 is 44.0. The molecule has 0 atom stereocenters. The number of rotatable bonds is 3. The van der Waals surface area contributed by atoms with Crippen molar-refractivity contribution in [2.75, 3.05) is 5.32 Å². The lowest BCUT2D eigenvalue weighted by atomic mass is 10.0. The van der Waals surface area contributed by atoms with Crippen molar-refractivity contribution >= 4 is 22.5 Å². The van der Waals surface area contributed by atoms with Gasteiger partial charge in [0.15, 0.2) is 5.76 Å². The molecule has 1 aromatic heterocycles. The zero-order valence-electron chi connectivity index (χ0n) is 15.2. The highest BCUT2D eigenvalue weighted by Gasteiger charge is 2.30. The van der Waals surface area contributed by atoms with Gasteiger partial charge in [0, 0.05) is 16.8 Å². The lowest BCUT2D eigenvalue weighted by molar-refractivity contribution is -0.137. The normalized spacial score (nSPS) is 11.6. The van der Waals surface area contributed by atoms with Crippen LogP contribution in [0.15, 0.2) is 71.3 Å². The zero-order valence-corrected chi connectivity index (χ0v) is 15.2. The third kappa shape index (κ3) is 3.85. The van der Waals surface area contributed by atoms with Crippen LogP contribution in [0.1, 0.15) is 21.5 Å². The van der Waals surface area contributed by atoms with Crippen molar-refractivity contribution in [3.63, 3.8) is 0 Å². The number of carbonyl (C=O) groups excluding carboxylic acids is 1. The van der Waals surface area contributed by atoms with Crippen molar-refractivity contribution < 1.29 is 22.5 Å². The Hall–Kier alpha value is -3.61. The molecule has 0 radical (unpaired) electrons. The van der Waals surface area contributed by atoms with E-state index in [9.17, 15) is 18.0 Å². The van der Waals surface area contributed by atoms with Gasteiger partial charge in [0.05, 0.1) is 10.9 Å². The van der Waals surface area contributed by atoms with E-state index in [4.69, 9.17) is 4.52 Å². The summed E-state index contributed by atoms with van der Waals surface area (Å²) in [7, 11) is 0. The Kier molecular flexibility index (Phi) is 4.58. The second-order valence-corrected chi connectivity index (χ2v) is 6.64. The number of benzene rings is 3. The molecular formula is C22H15F3N2O2.